The minimum absolute atomic E-state index is 0.0589. The summed E-state index contributed by atoms with van der Waals surface area (Å²) in [6.45, 7) is 1.99. The lowest BCUT2D eigenvalue weighted by atomic mass is 9.94. The molecule has 0 aromatic heterocycles. The van der Waals surface area contributed by atoms with Crippen LogP contribution < -0.4 is 14.0 Å². The summed E-state index contributed by atoms with van der Waals surface area (Å²) < 4.78 is 173. The number of hydrogen-bond donors (Lipinski definition) is 0. The molecule has 0 saturated heterocycles. The Morgan fingerprint density at radius 1 is 0.556 bits per heavy atom. The molecule has 0 amide bonds. The molecule has 1 atom stereocenters. The second-order valence-electron chi connectivity index (χ2n) is 12.9. The van der Waals surface area contributed by atoms with E-state index in [1.54, 1.807) is 0 Å². The number of quaternary nitrogens is 1. The van der Waals surface area contributed by atoms with Crippen molar-refractivity contribution in [2.75, 3.05) is 21.1 Å². The second-order valence-corrected chi connectivity index (χ2v) is 12.9. The molecule has 0 aliphatic carbocycles. The molecule has 0 spiro atoms. The van der Waals surface area contributed by atoms with E-state index in [-0.39, 0.29) is 27.3 Å². The van der Waals surface area contributed by atoms with Crippen LogP contribution >= 0.6 is 0 Å². The van der Waals surface area contributed by atoms with E-state index in [9.17, 15) is 52.7 Å². The Morgan fingerprint density at radius 2 is 0.963 bits per heavy atom. The minimum Gasteiger partial charge on any atom is -0.490 e. The van der Waals surface area contributed by atoms with Crippen LogP contribution in [0.2, 0.25) is 0 Å². The fourth-order valence-electron chi connectivity index (χ4n) is 5.06. The predicted molar refractivity (Wildman–Crippen MR) is 177 cm³/mol. The highest BCUT2D eigenvalue weighted by atomic mass is 19.4. The Hall–Kier alpha value is -4.54. The smallest absolute Gasteiger partial charge is 0.490 e. The molecular weight excluding hydrogens is 745 g/mol. The monoisotopic (exact) mass is 781 g/mol. The zero-order valence-corrected chi connectivity index (χ0v) is 29.4. The van der Waals surface area contributed by atoms with Gasteiger partial charge in [-0.2, -0.15) is 83.0 Å². The second kappa shape index (κ2) is 17.7. The zero-order valence-electron chi connectivity index (χ0n) is 29.4. The Bertz CT molecular complexity index is 1680. The van der Waals surface area contributed by atoms with Gasteiger partial charge in [0.1, 0.15) is 23.3 Å². The maximum atomic E-state index is 13.8. The van der Waals surface area contributed by atoms with Gasteiger partial charge in [-0.3, -0.25) is 0 Å². The summed E-state index contributed by atoms with van der Waals surface area (Å²) in [5, 5.41) is 0. The number of hydrogen-bond acceptors (Lipinski definition) is 3. The Balaban J connectivity index is 0.000000676. The van der Waals surface area contributed by atoms with Gasteiger partial charge in [0, 0.05) is 6.42 Å². The van der Waals surface area contributed by atoms with E-state index in [4.69, 9.17) is 14.0 Å². The number of benzene rings is 4. The van der Waals surface area contributed by atoms with Gasteiger partial charge in [-0.1, -0.05) is 25.3 Å². The molecule has 17 heteroatoms. The van der Waals surface area contributed by atoms with E-state index < -0.39 is 60.3 Å². The van der Waals surface area contributed by atoms with Crippen molar-refractivity contribution in [1.82, 2.24) is 0 Å². The van der Waals surface area contributed by atoms with Gasteiger partial charge in [0.15, 0.2) is 0 Å². The maximum absolute atomic E-state index is 13.8. The van der Waals surface area contributed by atoms with Crippen LogP contribution in [0.4, 0.5) is 52.7 Å². The molecule has 0 N–H and O–H groups in total. The van der Waals surface area contributed by atoms with Crippen LogP contribution in [0.5, 0.6) is 17.2 Å². The summed E-state index contributed by atoms with van der Waals surface area (Å²) in [6.07, 6.45) is -15.2. The van der Waals surface area contributed by atoms with Crippen LogP contribution in [0, 0.1) is 6.07 Å². The molecule has 0 aliphatic rings. The molecule has 0 bridgehead atoms. The molecule has 0 saturated carbocycles. The van der Waals surface area contributed by atoms with Crippen LogP contribution in [0.15, 0.2) is 91.0 Å². The largest absolute Gasteiger partial charge is 0.864 e. The molecule has 4 aromatic carbocycles. The maximum Gasteiger partial charge on any atom is 0.864 e. The SMILES string of the molecule is CCCCCC(c1cc(C(F)(F)F)ccc1OB(Oc1ccc(C(F)(F)F)cc1)Oc1ccc(C(F)(F)F)cc1)[N+](C)(C)C.FC(F)(F)c1cc[c-]cc1. The Kier molecular flexibility index (Phi) is 14.4. The van der Waals surface area contributed by atoms with Crippen molar-refractivity contribution in [3.05, 3.63) is 125 Å². The minimum atomic E-state index is -4.67. The lowest BCUT2D eigenvalue weighted by Crippen LogP contribution is -2.41. The average Bonchev–Trinajstić information content (AvgIpc) is 3.06. The standard InChI is InChI=1S/C30H32BF9NO3.C7H4F3/c1-5-6-7-8-26(41(2,3)4)25-19-22(30(38,39)40)13-18-27(25)44-31(42-23-14-9-20(10-15-23)28(32,33)34)43-24-16-11-21(12-17-24)29(35,36)37;8-7(9,10)6-4-2-1-3-5-6/h9-19,26H,5-8H2,1-4H3;2-5H/q+1;-1. The molecule has 0 fully saturated rings. The molecule has 54 heavy (non-hydrogen) atoms. The third-order valence-corrected chi connectivity index (χ3v) is 7.81. The van der Waals surface area contributed by atoms with E-state index in [0.717, 1.165) is 91.7 Å². The van der Waals surface area contributed by atoms with Gasteiger partial charge in [-0.15, -0.1) is 0 Å². The number of nitrogens with zero attached hydrogens (tertiary/aromatic N) is 1. The summed E-state index contributed by atoms with van der Waals surface area (Å²) in [5.74, 6) is -0.375. The molecule has 4 rings (SSSR count). The van der Waals surface area contributed by atoms with Crippen LogP contribution in [0.1, 0.15) is 66.5 Å². The lowest BCUT2D eigenvalue weighted by Gasteiger charge is -2.36. The van der Waals surface area contributed by atoms with Crippen LogP contribution in [0.25, 0.3) is 0 Å². The Morgan fingerprint density at radius 3 is 1.33 bits per heavy atom. The van der Waals surface area contributed by atoms with Gasteiger partial charge < -0.3 is 18.4 Å². The predicted octanol–water partition coefficient (Wildman–Crippen LogP) is 12.1. The first-order chi connectivity index (χ1) is 24.9. The summed E-state index contributed by atoms with van der Waals surface area (Å²) in [6, 6.07) is 16.3. The number of halogens is 12. The number of unbranched alkanes of at least 4 members (excludes halogenated alkanes) is 2. The first-order valence-electron chi connectivity index (χ1n) is 16.3. The van der Waals surface area contributed by atoms with Crippen LogP contribution in [-0.4, -0.2) is 32.9 Å². The molecule has 4 nitrogen and oxygen atoms in total. The average molecular weight is 781 g/mol. The molecule has 0 radical (unpaired) electrons. The molecule has 4 aromatic rings. The van der Waals surface area contributed by atoms with Crippen molar-refractivity contribution in [3.8, 4) is 17.2 Å². The highest BCUT2D eigenvalue weighted by Gasteiger charge is 2.39. The van der Waals surface area contributed by atoms with Gasteiger partial charge in [-0.05, 0) is 73.2 Å². The third-order valence-electron chi connectivity index (χ3n) is 7.81. The molecule has 1 unspecified atom stereocenters. The summed E-state index contributed by atoms with van der Waals surface area (Å²) >= 11 is 0. The van der Waals surface area contributed by atoms with E-state index in [0.29, 0.717) is 12.8 Å². The van der Waals surface area contributed by atoms with Crippen LogP contribution in [0.3, 0.4) is 0 Å². The van der Waals surface area contributed by atoms with Crippen molar-refractivity contribution in [3.63, 3.8) is 0 Å². The topological polar surface area (TPSA) is 27.7 Å². The van der Waals surface area contributed by atoms with Gasteiger partial charge >= 0.3 is 32.0 Å². The normalized spacial score (nSPS) is 13.0. The zero-order chi connectivity index (χ0) is 40.5. The Labute approximate surface area is 305 Å². The first-order valence-corrected chi connectivity index (χ1v) is 16.3. The molecular formula is C37H36BF12NO3. The van der Waals surface area contributed by atoms with Crippen LogP contribution in [-0.2, 0) is 24.7 Å². The molecule has 294 valence electrons. The van der Waals surface area contributed by atoms with Crippen molar-refractivity contribution in [2.45, 2.75) is 63.4 Å². The van der Waals surface area contributed by atoms with Crippen molar-refractivity contribution in [1.29, 1.82) is 0 Å². The fourth-order valence-corrected chi connectivity index (χ4v) is 5.06. The fraction of sp³-hybridized carbons (Fsp3) is 0.351. The summed E-state index contributed by atoms with van der Waals surface area (Å²) in [4.78, 5) is 0. The van der Waals surface area contributed by atoms with Gasteiger partial charge in [-0.25, -0.2) is 0 Å². The number of rotatable bonds is 12. The van der Waals surface area contributed by atoms with Gasteiger partial charge in [0.25, 0.3) is 0 Å². The molecule has 0 aliphatic heterocycles. The van der Waals surface area contributed by atoms with E-state index >= 15 is 0 Å². The quantitative estimate of drug-likeness (QED) is 0.0471. The number of alkyl halides is 12. The highest BCUT2D eigenvalue weighted by molar-refractivity contribution is 6.39. The summed E-state index contributed by atoms with van der Waals surface area (Å²) in [5.41, 5.74) is -3.30. The van der Waals surface area contributed by atoms with E-state index in [1.165, 1.54) is 12.1 Å². The van der Waals surface area contributed by atoms with Crippen molar-refractivity contribution in [2.24, 2.45) is 0 Å². The van der Waals surface area contributed by atoms with Gasteiger partial charge in [0.2, 0.25) is 0 Å². The first kappa shape index (κ1) is 43.9. The van der Waals surface area contributed by atoms with E-state index in [1.807, 2.05) is 28.1 Å². The van der Waals surface area contributed by atoms with Crippen molar-refractivity contribution < 1.29 is 71.1 Å². The summed E-state index contributed by atoms with van der Waals surface area (Å²) in [7, 11) is 3.63. The van der Waals surface area contributed by atoms with E-state index in [2.05, 4.69) is 6.07 Å². The van der Waals surface area contributed by atoms with Gasteiger partial charge in [0.05, 0.1) is 43.4 Å². The van der Waals surface area contributed by atoms with Crippen molar-refractivity contribution >= 4 is 7.32 Å². The third kappa shape index (κ3) is 13.4. The highest BCUT2D eigenvalue weighted by Crippen LogP contribution is 2.40. The molecule has 0 heterocycles. The lowest BCUT2D eigenvalue weighted by molar-refractivity contribution is -0.902.